The third kappa shape index (κ3) is 3.74. The maximum absolute atomic E-state index is 13.2. The molecular weight excluding hydrogens is 374 g/mol. The number of methoxy groups -OCH3 is 1. The molecule has 1 aliphatic heterocycles. The highest BCUT2D eigenvalue weighted by atomic mass is 16.5. The molecule has 2 aromatic heterocycles. The van der Waals surface area contributed by atoms with Crippen LogP contribution in [0.3, 0.4) is 0 Å². The molecule has 0 atom stereocenters. The summed E-state index contributed by atoms with van der Waals surface area (Å²) in [6.07, 6.45) is 5.59. The van der Waals surface area contributed by atoms with Gasteiger partial charge in [-0.3, -0.25) is 19.0 Å². The molecule has 9 heteroatoms. The molecule has 0 radical (unpaired) electrons. The summed E-state index contributed by atoms with van der Waals surface area (Å²) in [6, 6.07) is 3.59. The van der Waals surface area contributed by atoms with Gasteiger partial charge in [0.2, 0.25) is 5.91 Å². The molecule has 2 amide bonds. The van der Waals surface area contributed by atoms with E-state index in [1.807, 2.05) is 0 Å². The van der Waals surface area contributed by atoms with Crippen LogP contribution < -0.4 is 5.56 Å². The van der Waals surface area contributed by atoms with Crippen LogP contribution in [0.4, 0.5) is 0 Å². The van der Waals surface area contributed by atoms with Crippen molar-refractivity contribution in [3.63, 3.8) is 0 Å². The Hall–Kier alpha value is -2.81. The number of carbonyl (C=O) groups excluding carboxylic acids is 2. The van der Waals surface area contributed by atoms with Crippen molar-refractivity contribution in [3.05, 3.63) is 34.4 Å². The number of rotatable bonds is 4. The number of fused-ring (bicyclic) bond motifs is 1. The van der Waals surface area contributed by atoms with Gasteiger partial charge in [0.25, 0.3) is 11.5 Å². The van der Waals surface area contributed by atoms with Crippen molar-refractivity contribution in [2.75, 3.05) is 39.9 Å². The van der Waals surface area contributed by atoms with Gasteiger partial charge in [-0.25, -0.2) is 9.97 Å². The molecule has 154 valence electrons. The lowest BCUT2D eigenvalue weighted by Crippen LogP contribution is -2.52. The molecule has 2 aromatic rings. The normalized spacial score (nSPS) is 17.8. The Morgan fingerprint density at radius 3 is 2.52 bits per heavy atom. The van der Waals surface area contributed by atoms with Crippen molar-refractivity contribution in [2.24, 2.45) is 0 Å². The van der Waals surface area contributed by atoms with Gasteiger partial charge >= 0.3 is 0 Å². The van der Waals surface area contributed by atoms with Gasteiger partial charge in [0.15, 0.2) is 11.3 Å². The molecule has 3 heterocycles. The molecule has 9 nitrogen and oxygen atoms in total. The number of pyridine rings is 1. The monoisotopic (exact) mass is 399 g/mol. The van der Waals surface area contributed by atoms with Crippen LogP contribution in [-0.2, 0) is 9.53 Å². The van der Waals surface area contributed by atoms with Gasteiger partial charge in [0, 0.05) is 45.5 Å². The first-order chi connectivity index (χ1) is 14.1. The predicted molar refractivity (Wildman–Crippen MR) is 106 cm³/mol. The topological polar surface area (TPSA) is 97.6 Å². The molecule has 0 spiro atoms. The first-order valence-corrected chi connectivity index (χ1v) is 10.0. The Bertz CT molecular complexity index is 974. The minimum Gasteiger partial charge on any atom is -0.375 e. The second-order valence-corrected chi connectivity index (χ2v) is 7.53. The maximum atomic E-state index is 13.2. The van der Waals surface area contributed by atoms with E-state index in [9.17, 15) is 14.4 Å². The second kappa shape index (κ2) is 8.28. The smallest absolute Gasteiger partial charge is 0.284 e. The summed E-state index contributed by atoms with van der Waals surface area (Å²) in [5, 5.41) is 0. The minimum absolute atomic E-state index is 0.0271. The summed E-state index contributed by atoms with van der Waals surface area (Å²) in [5.74, 6) is -0.482. The molecule has 0 N–H and O–H groups in total. The molecule has 2 aliphatic rings. The third-order valence-corrected chi connectivity index (χ3v) is 5.73. The lowest BCUT2D eigenvalue weighted by Gasteiger charge is -2.34. The van der Waals surface area contributed by atoms with E-state index < -0.39 is 0 Å². The van der Waals surface area contributed by atoms with E-state index in [4.69, 9.17) is 4.74 Å². The predicted octanol–water partition coefficient (Wildman–Crippen LogP) is 0.837. The quantitative estimate of drug-likeness (QED) is 0.756. The number of nitrogens with zero attached hydrogens (tertiary/aromatic N) is 5. The van der Waals surface area contributed by atoms with Crippen molar-refractivity contribution in [1.29, 1.82) is 0 Å². The van der Waals surface area contributed by atoms with Crippen LogP contribution >= 0.6 is 0 Å². The average molecular weight is 399 g/mol. The fourth-order valence-electron chi connectivity index (χ4n) is 4.20. The van der Waals surface area contributed by atoms with Crippen LogP contribution in [-0.4, -0.2) is 76.0 Å². The standard InChI is InChI=1S/C20H25N5O4/c1-29-13-16(26)23-9-11-24(12-10-23)19(27)17-20(28)25(14-5-2-3-6-14)18-15(22-17)7-4-8-21-18/h4,7-8,14H,2-3,5-6,9-13H2,1H3. The van der Waals surface area contributed by atoms with Crippen molar-refractivity contribution < 1.29 is 14.3 Å². The summed E-state index contributed by atoms with van der Waals surface area (Å²) in [4.78, 5) is 50.4. The van der Waals surface area contributed by atoms with E-state index in [0.29, 0.717) is 37.3 Å². The van der Waals surface area contributed by atoms with Crippen molar-refractivity contribution >= 4 is 23.0 Å². The SMILES string of the molecule is COCC(=O)N1CCN(C(=O)c2nc3cccnc3n(C3CCCC3)c2=O)CC1. The number of amides is 2. The van der Waals surface area contributed by atoms with Crippen LogP contribution in [0, 0.1) is 0 Å². The lowest BCUT2D eigenvalue weighted by atomic mass is 10.2. The highest BCUT2D eigenvalue weighted by Gasteiger charge is 2.30. The van der Waals surface area contributed by atoms with Gasteiger partial charge in [-0.15, -0.1) is 0 Å². The van der Waals surface area contributed by atoms with Crippen LogP contribution in [0.2, 0.25) is 0 Å². The van der Waals surface area contributed by atoms with E-state index in [1.165, 1.54) is 7.11 Å². The van der Waals surface area contributed by atoms with Crippen LogP contribution in [0.5, 0.6) is 0 Å². The summed E-state index contributed by atoms with van der Waals surface area (Å²) >= 11 is 0. The first-order valence-electron chi connectivity index (χ1n) is 10.0. The molecule has 29 heavy (non-hydrogen) atoms. The largest absolute Gasteiger partial charge is 0.375 e. The zero-order valence-corrected chi connectivity index (χ0v) is 16.5. The van der Waals surface area contributed by atoms with Gasteiger partial charge in [0.1, 0.15) is 12.1 Å². The van der Waals surface area contributed by atoms with E-state index >= 15 is 0 Å². The molecule has 4 rings (SSSR count). The highest BCUT2D eigenvalue weighted by Crippen LogP contribution is 2.30. The summed E-state index contributed by atoms with van der Waals surface area (Å²) in [7, 11) is 1.48. The first kappa shape index (κ1) is 19.5. The number of carbonyl (C=O) groups is 2. The molecule has 1 saturated heterocycles. The Balaban J connectivity index is 1.62. The fraction of sp³-hybridized carbons (Fsp3) is 0.550. The molecule has 2 fully saturated rings. The Labute approximate surface area is 168 Å². The lowest BCUT2D eigenvalue weighted by molar-refractivity contribution is -0.136. The second-order valence-electron chi connectivity index (χ2n) is 7.53. The van der Waals surface area contributed by atoms with E-state index in [-0.39, 0.29) is 35.7 Å². The molecule has 0 unspecified atom stereocenters. The number of ether oxygens (including phenoxy) is 1. The Kier molecular flexibility index (Phi) is 5.57. The van der Waals surface area contributed by atoms with Gasteiger partial charge in [-0.2, -0.15) is 0 Å². The molecular formula is C20H25N5O4. The summed E-state index contributed by atoms with van der Waals surface area (Å²) in [6.45, 7) is 1.59. The summed E-state index contributed by atoms with van der Waals surface area (Å²) in [5.41, 5.74) is 0.659. The number of aromatic nitrogens is 3. The van der Waals surface area contributed by atoms with Gasteiger partial charge in [-0.05, 0) is 25.0 Å². The third-order valence-electron chi connectivity index (χ3n) is 5.73. The van der Waals surface area contributed by atoms with Crippen LogP contribution in [0.1, 0.15) is 42.2 Å². The zero-order valence-electron chi connectivity index (χ0n) is 16.5. The highest BCUT2D eigenvalue weighted by molar-refractivity contribution is 5.93. The van der Waals surface area contributed by atoms with E-state index in [2.05, 4.69) is 9.97 Å². The van der Waals surface area contributed by atoms with Gasteiger partial charge < -0.3 is 14.5 Å². The van der Waals surface area contributed by atoms with Crippen LogP contribution in [0.25, 0.3) is 11.2 Å². The van der Waals surface area contributed by atoms with Crippen molar-refractivity contribution in [3.8, 4) is 0 Å². The average Bonchev–Trinajstić information content (AvgIpc) is 3.27. The molecule has 0 bridgehead atoms. The number of hydrogen-bond donors (Lipinski definition) is 0. The Morgan fingerprint density at radius 2 is 1.83 bits per heavy atom. The van der Waals surface area contributed by atoms with E-state index in [0.717, 1.165) is 25.7 Å². The number of piperazine rings is 1. The maximum Gasteiger partial charge on any atom is 0.284 e. The van der Waals surface area contributed by atoms with Crippen molar-refractivity contribution in [1.82, 2.24) is 24.3 Å². The Morgan fingerprint density at radius 1 is 1.14 bits per heavy atom. The molecule has 1 saturated carbocycles. The van der Waals surface area contributed by atoms with E-state index in [1.54, 1.807) is 32.7 Å². The van der Waals surface area contributed by atoms with Crippen molar-refractivity contribution in [2.45, 2.75) is 31.7 Å². The van der Waals surface area contributed by atoms with Crippen LogP contribution in [0.15, 0.2) is 23.1 Å². The number of hydrogen-bond acceptors (Lipinski definition) is 6. The van der Waals surface area contributed by atoms with Gasteiger partial charge in [0.05, 0.1) is 0 Å². The molecule has 0 aromatic carbocycles. The minimum atomic E-state index is -0.383. The zero-order chi connectivity index (χ0) is 20.4. The molecule has 1 aliphatic carbocycles. The summed E-state index contributed by atoms with van der Waals surface area (Å²) < 4.78 is 6.55. The van der Waals surface area contributed by atoms with Gasteiger partial charge in [-0.1, -0.05) is 12.8 Å². The fourth-order valence-corrected chi connectivity index (χ4v) is 4.20.